The topological polar surface area (TPSA) is 50.3 Å². The minimum absolute atomic E-state index is 0.199. The van der Waals surface area contributed by atoms with Gasteiger partial charge >= 0.3 is 0 Å². The van der Waals surface area contributed by atoms with Crippen LogP contribution in [-0.2, 0) is 4.74 Å². The van der Waals surface area contributed by atoms with E-state index >= 15 is 0 Å². The fourth-order valence-corrected chi connectivity index (χ4v) is 4.07. The minimum atomic E-state index is 0.199. The SMILES string of the molecule is CCNC(c1cncnc1)C1(N2CCOCC2)CCCC1. The third kappa shape index (κ3) is 2.96. The maximum absolute atomic E-state index is 5.56. The van der Waals surface area contributed by atoms with Crippen molar-refractivity contribution < 1.29 is 4.74 Å². The summed E-state index contributed by atoms with van der Waals surface area (Å²) < 4.78 is 5.56. The maximum atomic E-state index is 5.56. The van der Waals surface area contributed by atoms with Crippen molar-refractivity contribution in [2.75, 3.05) is 32.8 Å². The van der Waals surface area contributed by atoms with E-state index in [1.54, 1.807) is 6.33 Å². The third-order valence-corrected chi connectivity index (χ3v) is 4.97. The summed E-state index contributed by atoms with van der Waals surface area (Å²) in [6, 6.07) is 0.310. The van der Waals surface area contributed by atoms with Crippen LogP contribution in [0.25, 0.3) is 0 Å². The van der Waals surface area contributed by atoms with Gasteiger partial charge in [0.1, 0.15) is 6.33 Å². The van der Waals surface area contributed by atoms with Gasteiger partial charge in [0.05, 0.1) is 19.3 Å². The highest BCUT2D eigenvalue weighted by Crippen LogP contribution is 2.44. The number of hydrogen-bond donors (Lipinski definition) is 1. The molecule has 0 bridgehead atoms. The van der Waals surface area contributed by atoms with Crippen molar-refractivity contribution in [3.05, 3.63) is 24.3 Å². The molecule has 116 valence electrons. The van der Waals surface area contributed by atoms with Crippen LogP contribution in [-0.4, -0.2) is 53.3 Å². The first kappa shape index (κ1) is 14.9. The van der Waals surface area contributed by atoms with E-state index in [4.69, 9.17) is 4.74 Å². The van der Waals surface area contributed by atoms with Gasteiger partial charge in [-0.15, -0.1) is 0 Å². The number of ether oxygens (including phenoxy) is 1. The fourth-order valence-electron chi connectivity index (χ4n) is 4.07. The van der Waals surface area contributed by atoms with Crippen molar-refractivity contribution >= 4 is 0 Å². The second-order valence-corrected chi connectivity index (χ2v) is 6.07. The molecule has 1 atom stereocenters. The van der Waals surface area contributed by atoms with Crippen LogP contribution in [0.15, 0.2) is 18.7 Å². The largest absolute Gasteiger partial charge is 0.379 e. The number of hydrogen-bond acceptors (Lipinski definition) is 5. The normalized spacial score (nSPS) is 24.0. The number of aromatic nitrogens is 2. The lowest BCUT2D eigenvalue weighted by atomic mass is 9.82. The number of morpholine rings is 1. The molecule has 5 nitrogen and oxygen atoms in total. The van der Waals surface area contributed by atoms with Gasteiger partial charge in [0.25, 0.3) is 0 Å². The number of rotatable bonds is 5. The van der Waals surface area contributed by atoms with Crippen LogP contribution in [0.3, 0.4) is 0 Å². The zero-order valence-electron chi connectivity index (χ0n) is 12.9. The highest BCUT2D eigenvalue weighted by atomic mass is 16.5. The van der Waals surface area contributed by atoms with Gasteiger partial charge in [-0.1, -0.05) is 19.8 Å². The van der Waals surface area contributed by atoms with E-state index in [0.29, 0.717) is 6.04 Å². The molecule has 1 saturated carbocycles. The lowest BCUT2D eigenvalue weighted by Crippen LogP contribution is -2.58. The zero-order valence-corrected chi connectivity index (χ0v) is 12.9. The molecule has 21 heavy (non-hydrogen) atoms. The Kier molecular flexibility index (Phi) is 4.83. The van der Waals surface area contributed by atoms with Gasteiger partial charge in [0.2, 0.25) is 0 Å². The van der Waals surface area contributed by atoms with E-state index in [2.05, 4.69) is 27.1 Å². The molecule has 3 rings (SSSR count). The molecule has 1 aliphatic carbocycles. The highest BCUT2D eigenvalue weighted by molar-refractivity contribution is 5.19. The van der Waals surface area contributed by atoms with Crippen LogP contribution in [0.1, 0.15) is 44.2 Å². The van der Waals surface area contributed by atoms with Crippen molar-refractivity contribution in [3.8, 4) is 0 Å². The van der Waals surface area contributed by atoms with E-state index in [-0.39, 0.29) is 5.54 Å². The van der Waals surface area contributed by atoms with Gasteiger partial charge in [0.15, 0.2) is 0 Å². The summed E-state index contributed by atoms with van der Waals surface area (Å²) in [5, 5.41) is 3.72. The third-order valence-electron chi connectivity index (χ3n) is 4.97. The maximum Gasteiger partial charge on any atom is 0.115 e. The predicted octanol–water partition coefficient (Wildman–Crippen LogP) is 1.77. The van der Waals surface area contributed by atoms with Gasteiger partial charge < -0.3 is 10.1 Å². The predicted molar refractivity (Wildman–Crippen MR) is 82.0 cm³/mol. The second kappa shape index (κ2) is 6.81. The molecule has 0 radical (unpaired) electrons. The molecule has 1 aliphatic heterocycles. The summed E-state index contributed by atoms with van der Waals surface area (Å²) >= 11 is 0. The number of likely N-dealkylation sites (N-methyl/N-ethyl adjacent to an activating group) is 1. The Labute approximate surface area is 127 Å². The highest BCUT2D eigenvalue weighted by Gasteiger charge is 2.46. The van der Waals surface area contributed by atoms with Gasteiger partial charge in [-0.3, -0.25) is 4.90 Å². The molecule has 1 aromatic heterocycles. The molecule has 1 aromatic rings. The zero-order chi connectivity index (χ0) is 14.5. The minimum Gasteiger partial charge on any atom is -0.379 e. The van der Waals surface area contributed by atoms with E-state index in [1.807, 2.05) is 12.4 Å². The first-order chi connectivity index (χ1) is 10.4. The summed E-state index contributed by atoms with van der Waals surface area (Å²) in [4.78, 5) is 11.1. The molecular weight excluding hydrogens is 264 g/mol. The van der Waals surface area contributed by atoms with E-state index < -0.39 is 0 Å². The summed E-state index contributed by atoms with van der Waals surface area (Å²) in [5.74, 6) is 0. The fraction of sp³-hybridized carbons (Fsp3) is 0.750. The molecule has 2 aliphatic rings. The van der Waals surface area contributed by atoms with Crippen LogP contribution in [0.5, 0.6) is 0 Å². The van der Waals surface area contributed by atoms with Crippen LogP contribution < -0.4 is 5.32 Å². The van der Waals surface area contributed by atoms with E-state index in [9.17, 15) is 0 Å². The molecule has 2 fully saturated rings. The Bertz CT molecular complexity index is 427. The Hall–Kier alpha value is -1.04. The standard InChI is InChI=1S/C16H26N4O/c1-2-19-15(14-11-17-13-18-12-14)16(5-3-4-6-16)20-7-9-21-10-8-20/h11-13,15,19H,2-10H2,1H3. The summed E-state index contributed by atoms with van der Waals surface area (Å²) in [5.41, 5.74) is 1.41. The quantitative estimate of drug-likeness (QED) is 0.895. The lowest BCUT2D eigenvalue weighted by Gasteiger charge is -2.48. The van der Waals surface area contributed by atoms with Gasteiger partial charge in [-0.2, -0.15) is 0 Å². The second-order valence-electron chi connectivity index (χ2n) is 6.07. The molecule has 0 amide bonds. The van der Waals surface area contributed by atoms with E-state index in [0.717, 1.165) is 32.8 Å². The van der Waals surface area contributed by atoms with Crippen molar-refractivity contribution in [1.82, 2.24) is 20.2 Å². The number of nitrogens with zero attached hydrogens (tertiary/aromatic N) is 3. The first-order valence-corrected chi connectivity index (χ1v) is 8.18. The summed E-state index contributed by atoms with van der Waals surface area (Å²) in [7, 11) is 0. The van der Waals surface area contributed by atoms with Gasteiger partial charge in [-0.25, -0.2) is 9.97 Å². The van der Waals surface area contributed by atoms with Crippen LogP contribution in [0, 0.1) is 0 Å². The lowest BCUT2D eigenvalue weighted by molar-refractivity contribution is -0.0362. The average Bonchev–Trinajstić information content (AvgIpc) is 3.05. The molecule has 5 heteroatoms. The van der Waals surface area contributed by atoms with Crippen LogP contribution in [0.2, 0.25) is 0 Å². The molecule has 0 aromatic carbocycles. The van der Waals surface area contributed by atoms with Crippen molar-refractivity contribution in [2.24, 2.45) is 0 Å². The van der Waals surface area contributed by atoms with Crippen molar-refractivity contribution in [2.45, 2.75) is 44.2 Å². The molecule has 0 spiro atoms. The Morgan fingerprint density at radius 3 is 2.52 bits per heavy atom. The van der Waals surface area contributed by atoms with Crippen molar-refractivity contribution in [3.63, 3.8) is 0 Å². The molecule has 1 unspecified atom stereocenters. The Morgan fingerprint density at radius 2 is 1.90 bits per heavy atom. The van der Waals surface area contributed by atoms with Gasteiger partial charge in [0, 0.05) is 36.6 Å². The van der Waals surface area contributed by atoms with Crippen LogP contribution in [0.4, 0.5) is 0 Å². The molecule has 1 N–H and O–H groups in total. The molecule has 2 heterocycles. The number of nitrogens with one attached hydrogen (secondary N) is 1. The van der Waals surface area contributed by atoms with Crippen LogP contribution >= 0.6 is 0 Å². The monoisotopic (exact) mass is 290 g/mol. The first-order valence-electron chi connectivity index (χ1n) is 8.18. The van der Waals surface area contributed by atoms with Crippen molar-refractivity contribution in [1.29, 1.82) is 0 Å². The summed E-state index contributed by atoms with van der Waals surface area (Å²) in [6.07, 6.45) is 10.7. The Morgan fingerprint density at radius 1 is 1.24 bits per heavy atom. The summed E-state index contributed by atoms with van der Waals surface area (Å²) in [6.45, 7) is 6.92. The van der Waals surface area contributed by atoms with E-state index in [1.165, 1.54) is 31.2 Å². The molecule has 1 saturated heterocycles. The van der Waals surface area contributed by atoms with Gasteiger partial charge in [-0.05, 0) is 19.4 Å². The average molecular weight is 290 g/mol. The molecular formula is C16H26N4O. The Balaban J connectivity index is 1.92. The smallest absolute Gasteiger partial charge is 0.115 e.